The number of rotatable bonds is 0. The minimum atomic E-state index is 0.346. The molecular weight excluding hydrogens is 162 g/mol. The van der Waals surface area contributed by atoms with E-state index in [9.17, 15) is 0 Å². The monoisotopic (exact) mass is 169 g/mol. The Morgan fingerprint density at radius 1 is 1.55 bits per heavy atom. The van der Waals surface area contributed by atoms with Crippen LogP contribution in [0.25, 0.3) is 0 Å². The van der Waals surface area contributed by atoms with Gasteiger partial charge in [-0.2, -0.15) is 0 Å². The Morgan fingerprint density at radius 3 is 3.18 bits per heavy atom. The molecular formula is C7H8ClN3. The molecule has 0 unspecified atom stereocenters. The van der Waals surface area contributed by atoms with Gasteiger partial charge in [-0.15, -0.1) is 0 Å². The van der Waals surface area contributed by atoms with Gasteiger partial charge in [-0.1, -0.05) is 0 Å². The van der Waals surface area contributed by atoms with Crippen molar-refractivity contribution in [2.75, 3.05) is 7.05 Å². The highest BCUT2D eigenvalue weighted by molar-refractivity contribution is 6.28. The van der Waals surface area contributed by atoms with Crippen LogP contribution in [0.2, 0.25) is 5.28 Å². The quantitative estimate of drug-likeness (QED) is 0.545. The molecule has 4 heteroatoms. The highest BCUT2D eigenvalue weighted by atomic mass is 35.5. The molecule has 1 aromatic heterocycles. The van der Waals surface area contributed by atoms with E-state index in [2.05, 4.69) is 21.9 Å². The molecule has 1 aromatic rings. The van der Waals surface area contributed by atoms with E-state index in [1.54, 1.807) is 6.20 Å². The third-order valence-corrected chi connectivity index (χ3v) is 1.97. The number of hydrogen-bond acceptors (Lipinski definition) is 3. The molecule has 0 saturated heterocycles. The Balaban J connectivity index is 2.43. The van der Waals surface area contributed by atoms with Crippen LogP contribution in [-0.4, -0.2) is 21.9 Å². The van der Waals surface area contributed by atoms with Gasteiger partial charge in [0.2, 0.25) is 5.28 Å². The van der Waals surface area contributed by atoms with Gasteiger partial charge in [-0.25, -0.2) is 9.97 Å². The van der Waals surface area contributed by atoms with Gasteiger partial charge in [0, 0.05) is 24.8 Å². The van der Waals surface area contributed by atoms with Crippen molar-refractivity contribution in [1.29, 1.82) is 0 Å². The second-order valence-electron chi connectivity index (χ2n) is 2.78. The lowest BCUT2D eigenvalue weighted by Gasteiger charge is -2.01. The second kappa shape index (κ2) is 2.43. The molecule has 3 nitrogen and oxygen atoms in total. The summed E-state index contributed by atoms with van der Waals surface area (Å²) in [6.45, 7) is 1.82. The second-order valence-corrected chi connectivity index (χ2v) is 3.12. The summed E-state index contributed by atoms with van der Waals surface area (Å²) in [5, 5.41) is 0.346. The van der Waals surface area contributed by atoms with E-state index in [1.807, 2.05) is 0 Å². The molecule has 0 saturated carbocycles. The van der Waals surface area contributed by atoms with Crippen LogP contribution in [0.15, 0.2) is 6.20 Å². The first-order chi connectivity index (χ1) is 5.25. The molecule has 0 spiro atoms. The molecule has 0 N–H and O–H groups in total. The molecule has 0 aromatic carbocycles. The van der Waals surface area contributed by atoms with Gasteiger partial charge < -0.3 is 0 Å². The van der Waals surface area contributed by atoms with Crippen LogP contribution in [0.4, 0.5) is 0 Å². The molecule has 0 fully saturated rings. The molecule has 11 heavy (non-hydrogen) atoms. The average molecular weight is 170 g/mol. The van der Waals surface area contributed by atoms with Crippen LogP contribution < -0.4 is 0 Å². The van der Waals surface area contributed by atoms with Crippen LogP contribution in [0, 0.1) is 0 Å². The standard InChI is InChI=1S/C7H8ClN3/c1-11-3-5-2-9-7(8)10-6(5)4-11/h2H,3-4H2,1H3. The Labute approximate surface area is 70.0 Å². The summed E-state index contributed by atoms with van der Waals surface area (Å²) in [5.41, 5.74) is 2.25. The molecule has 0 amide bonds. The van der Waals surface area contributed by atoms with Crippen molar-refractivity contribution >= 4 is 11.6 Å². The number of hydrogen-bond donors (Lipinski definition) is 0. The first-order valence-corrected chi connectivity index (χ1v) is 3.82. The smallest absolute Gasteiger partial charge is 0.222 e. The van der Waals surface area contributed by atoms with E-state index in [0.29, 0.717) is 5.28 Å². The van der Waals surface area contributed by atoms with E-state index in [4.69, 9.17) is 11.6 Å². The summed E-state index contributed by atoms with van der Waals surface area (Å²) in [4.78, 5) is 10.2. The van der Waals surface area contributed by atoms with Gasteiger partial charge >= 0.3 is 0 Å². The molecule has 58 valence electrons. The van der Waals surface area contributed by atoms with Crippen molar-refractivity contribution in [1.82, 2.24) is 14.9 Å². The average Bonchev–Trinajstić information content (AvgIpc) is 2.27. The molecule has 1 aliphatic heterocycles. The summed E-state index contributed by atoms with van der Waals surface area (Å²) in [6.07, 6.45) is 1.80. The maximum atomic E-state index is 5.63. The zero-order chi connectivity index (χ0) is 7.84. The van der Waals surface area contributed by atoms with Gasteiger partial charge in [-0.3, -0.25) is 4.90 Å². The highest BCUT2D eigenvalue weighted by Crippen LogP contribution is 2.18. The summed E-state index contributed by atoms with van der Waals surface area (Å²) in [6, 6.07) is 0. The van der Waals surface area contributed by atoms with Crippen molar-refractivity contribution in [2.45, 2.75) is 13.1 Å². The lowest BCUT2D eigenvalue weighted by molar-refractivity contribution is 0.351. The lowest BCUT2D eigenvalue weighted by Crippen LogP contribution is -2.07. The van der Waals surface area contributed by atoms with E-state index in [0.717, 1.165) is 18.8 Å². The zero-order valence-electron chi connectivity index (χ0n) is 6.21. The topological polar surface area (TPSA) is 29.0 Å². The van der Waals surface area contributed by atoms with E-state index >= 15 is 0 Å². The van der Waals surface area contributed by atoms with Crippen molar-refractivity contribution in [3.63, 3.8) is 0 Å². The predicted octanol–water partition coefficient (Wildman–Crippen LogP) is 1.08. The summed E-state index contributed by atoms with van der Waals surface area (Å²) in [7, 11) is 2.05. The fourth-order valence-electron chi connectivity index (χ4n) is 1.29. The molecule has 1 aliphatic rings. The fraction of sp³-hybridized carbons (Fsp3) is 0.429. The number of aromatic nitrogens is 2. The first kappa shape index (κ1) is 7.00. The van der Waals surface area contributed by atoms with Crippen LogP contribution in [0.5, 0.6) is 0 Å². The van der Waals surface area contributed by atoms with Crippen LogP contribution in [0.1, 0.15) is 11.3 Å². The number of fused-ring (bicyclic) bond motifs is 1. The predicted molar refractivity (Wildman–Crippen MR) is 42.2 cm³/mol. The lowest BCUT2D eigenvalue weighted by atomic mass is 10.3. The Morgan fingerprint density at radius 2 is 2.36 bits per heavy atom. The number of halogens is 1. The zero-order valence-corrected chi connectivity index (χ0v) is 6.97. The minimum Gasteiger partial charge on any atom is -0.296 e. The van der Waals surface area contributed by atoms with Crippen LogP contribution >= 0.6 is 11.6 Å². The van der Waals surface area contributed by atoms with E-state index in [1.165, 1.54) is 5.56 Å². The van der Waals surface area contributed by atoms with Gasteiger partial charge in [-0.05, 0) is 18.6 Å². The maximum Gasteiger partial charge on any atom is 0.222 e. The highest BCUT2D eigenvalue weighted by Gasteiger charge is 2.16. The van der Waals surface area contributed by atoms with Crippen molar-refractivity contribution < 1.29 is 0 Å². The fourth-order valence-corrected chi connectivity index (χ4v) is 1.44. The molecule has 0 aliphatic carbocycles. The largest absolute Gasteiger partial charge is 0.296 e. The van der Waals surface area contributed by atoms with Gasteiger partial charge in [0.25, 0.3) is 0 Å². The van der Waals surface area contributed by atoms with E-state index in [-0.39, 0.29) is 0 Å². The summed E-state index contributed by atoms with van der Waals surface area (Å²) in [5.74, 6) is 0. The van der Waals surface area contributed by atoms with Crippen molar-refractivity contribution in [3.8, 4) is 0 Å². The summed E-state index contributed by atoms with van der Waals surface area (Å²) >= 11 is 5.63. The third kappa shape index (κ3) is 1.21. The summed E-state index contributed by atoms with van der Waals surface area (Å²) < 4.78 is 0. The molecule has 2 heterocycles. The van der Waals surface area contributed by atoms with Gasteiger partial charge in [0.05, 0.1) is 5.69 Å². The van der Waals surface area contributed by atoms with Crippen LogP contribution in [0.3, 0.4) is 0 Å². The molecule has 2 rings (SSSR count). The third-order valence-electron chi connectivity index (χ3n) is 1.78. The Hall–Kier alpha value is -0.670. The van der Waals surface area contributed by atoms with Gasteiger partial charge in [0.15, 0.2) is 0 Å². The van der Waals surface area contributed by atoms with Gasteiger partial charge in [0.1, 0.15) is 0 Å². The van der Waals surface area contributed by atoms with Crippen LogP contribution in [-0.2, 0) is 13.1 Å². The molecule has 0 atom stereocenters. The molecule has 0 radical (unpaired) electrons. The SMILES string of the molecule is CN1Cc2cnc(Cl)nc2C1. The minimum absolute atomic E-state index is 0.346. The van der Waals surface area contributed by atoms with Crippen molar-refractivity contribution in [2.24, 2.45) is 0 Å². The Bertz CT molecular complexity index is 287. The Kier molecular flexibility index (Phi) is 1.55. The molecule has 0 bridgehead atoms. The normalized spacial score (nSPS) is 16.9. The van der Waals surface area contributed by atoms with E-state index < -0.39 is 0 Å². The maximum absolute atomic E-state index is 5.63. The number of nitrogens with zero attached hydrogens (tertiary/aromatic N) is 3. The van der Waals surface area contributed by atoms with Crippen molar-refractivity contribution in [3.05, 3.63) is 22.7 Å². The first-order valence-electron chi connectivity index (χ1n) is 3.44.